The highest BCUT2D eigenvalue weighted by Crippen LogP contribution is 2.39. The number of rotatable bonds is 4. The lowest BCUT2D eigenvalue weighted by Crippen LogP contribution is -2.55. The van der Waals surface area contributed by atoms with E-state index in [1.807, 2.05) is 12.1 Å². The van der Waals surface area contributed by atoms with Crippen LogP contribution in [-0.2, 0) is 17.8 Å². The molecule has 0 unspecified atom stereocenters. The summed E-state index contributed by atoms with van der Waals surface area (Å²) in [6.07, 6.45) is 4.94. The summed E-state index contributed by atoms with van der Waals surface area (Å²) >= 11 is 1.75. The highest BCUT2D eigenvalue weighted by molar-refractivity contribution is 7.15. The number of fused-ring (bicyclic) bond motifs is 4. The van der Waals surface area contributed by atoms with Crippen molar-refractivity contribution >= 4 is 39.2 Å². The van der Waals surface area contributed by atoms with Crippen LogP contribution >= 0.6 is 11.3 Å². The number of hydrogen-bond acceptors (Lipinski definition) is 6. The van der Waals surface area contributed by atoms with Gasteiger partial charge in [-0.15, -0.1) is 11.3 Å². The zero-order valence-corrected chi connectivity index (χ0v) is 20.7. The molecule has 2 fully saturated rings. The van der Waals surface area contributed by atoms with Gasteiger partial charge in [0.05, 0.1) is 17.8 Å². The maximum absolute atomic E-state index is 13.0. The van der Waals surface area contributed by atoms with Crippen molar-refractivity contribution in [3.63, 3.8) is 0 Å². The van der Waals surface area contributed by atoms with E-state index in [2.05, 4.69) is 45.0 Å². The van der Waals surface area contributed by atoms with Crippen molar-refractivity contribution in [3.8, 4) is 10.6 Å². The van der Waals surface area contributed by atoms with Gasteiger partial charge in [-0.3, -0.25) is 14.6 Å². The molecule has 0 spiro atoms. The van der Waals surface area contributed by atoms with Gasteiger partial charge in [0, 0.05) is 67.4 Å². The molecular formula is C28H30N4O2S. The van der Waals surface area contributed by atoms with E-state index in [4.69, 9.17) is 9.40 Å². The molecule has 4 aromatic rings. The van der Waals surface area contributed by atoms with Crippen LogP contribution in [0.25, 0.3) is 32.5 Å². The summed E-state index contributed by atoms with van der Waals surface area (Å²) in [5, 5.41) is 3.29. The molecule has 1 aliphatic carbocycles. The summed E-state index contributed by atoms with van der Waals surface area (Å²) in [6.45, 7) is 6.02. The Morgan fingerprint density at radius 3 is 2.66 bits per heavy atom. The predicted octanol–water partition coefficient (Wildman–Crippen LogP) is 4.76. The molecule has 0 radical (unpaired) electrons. The molecule has 2 aliphatic heterocycles. The zero-order chi connectivity index (χ0) is 23.4. The van der Waals surface area contributed by atoms with Gasteiger partial charge in [-0.2, -0.15) is 0 Å². The normalized spacial score (nSPS) is 19.8. The van der Waals surface area contributed by atoms with Crippen LogP contribution < -0.4 is 0 Å². The molecule has 0 bridgehead atoms. The number of piperazine rings is 1. The van der Waals surface area contributed by atoms with E-state index >= 15 is 0 Å². The third kappa shape index (κ3) is 3.86. The molecule has 2 aromatic carbocycles. The van der Waals surface area contributed by atoms with E-state index in [9.17, 15) is 4.79 Å². The fraction of sp³-hybridized carbons (Fsp3) is 0.429. The van der Waals surface area contributed by atoms with Crippen LogP contribution in [0.4, 0.5) is 0 Å². The van der Waals surface area contributed by atoms with Gasteiger partial charge >= 0.3 is 0 Å². The lowest BCUT2D eigenvalue weighted by atomic mass is 9.91. The van der Waals surface area contributed by atoms with E-state index < -0.39 is 0 Å². The van der Waals surface area contributed by atoms with E-state index in [-0.39, 0.29) is 5.91 Å². The van der Waals surface area contributed by atoms with Gasteiger partial charge in [-0.1, -0.05) is 36.8 Å². The number of benzene rings is 2. The SMILES string of the molecule is O=C(CN1CCc2nc(-c3cccc4c3oc3ccccc34)sc2C1)N1CCN(C2CCC2)CC1. The Hall–Kier alpha value is -2.74. The Bertz CT molecular complexity index is 1400. The van der Waals surface area contributed by atoms with Crippen LogP contribution in [0.2, 0.25) is 0 Å². The van der Waals surface area contributed by atoms with Crippen molar-refractivity contribution in [3.05, 3.63) is 53.0 Å². The minimum absolute atomic E-state index is 0.276. The van der Waals surface area contributed by atoms with Gasteiger partial charge in [-0.25, -0.2) is 4.98 Å². The van der Waals surface area contributed by atoms with Gasteiger partial charge in [-0.05, 0) is 25.0 Å². The van der Waals surface area contributed by atoms with E-state index in [0.717, 1.165) is 84.2 Å². The Morgan fingerprint density at radius 1 is 1.00 bits per heavy atom. The fourth-order valence-electron chi connectivity index (χ4n) is 5.79. The van der Waals surface area contributed by atoms with E-state index in [1.165, 1.54) is 29.8 Å². The van der Waals surface area contributed by atoms with Crippen LogP contribution in [0, 0.1) is 0 Å². The maximum Gasteiger partial charge on any atom is 0.236 e. The second-order valence-electron chi connectivity index (χ2n) is 10.1. The topological polar surface area (TPSA) is 52.8 Å². The van der Waals surface area contributed by atoms with Crippen LogP contribution in [0.5, 0.6) is 0 Å². The average molecular weight is 487 g/mol. The first kappa shape index (κ1) is 21.5. The van der Waals surface area contributed by atoms with Gasteiger partial charge < -0.3 is 9.32 Å². The lowest BCUT2D eigenvalue weighted by Gasteiger charge is -2.43. The van der Waals surface area contributed by atoms with Crippen molar-refractivity contribution < 1.29 is 9.21 Å². The number of nitrogens with zero attached hydrogens (tertiary/aromatic N) is 4. The molecule has 35 heavy (non-hydrogen) atoms. The zero-order valence-electron chi connectivity index (χ0n) is 19.9. The van der Waals surface area contributed by atoms with Crippen LogP contribution in [0.1, 0.15) is 29.8 Å². The molecule has 180 valence electrons. The molecule has 6 nitrogen and oxygen atoms in total. The standard InChI is InChI=1S/C28H30N4O2S/c33-26(32-15-13-31(14-16-32)19-5-3-6-19)18-30-12-11-23-25(17-30)35-28(29-23)22-9-4-8-21-20-7-1-2-10-24(20)34-27(21)22/h1-2,4,7-10,19H,3,5-6,11-18H2. The van der Waals surface area contributed by atoms with Crippen molar-refractivity contribution in [2.45, 2.75) is 38.3 Å². The number of carbonyl (C=O) groups is 1. The first-order valence-electron chi connectivity index (χ1n) is 12.9. The van der Waals surface area contributed by atoms with Crippen LogP contribution in [0.15, 0.2) is 46.9 Å². The van der Waals surface area contributed by atoms with Gasteiger partial charge in [0.15, 0.2) is 0 Å². The number of furan rings is 1. The molecule has 4 heterocycles. The molecule has 7 heteroatoms. The first-order valence-corrected chi connectivity index (χ1v) is 13.7. The summed E-state index contributed by atoms with van der Waals surface area (Å²) in [6, 6.07) is 15.3. The van der Waals surface area contributed by atoms with Crippen molar-refractivity contribution in [1.82, 2.24) is 19.7 Å². The van der Waals surface area contributed by atoms with E-state index in [0.29, 0.717) is 6.54 Å². The second-order valence-corrected chi connectivity index (χ2v) is 11.2. The van der Waals surface area contributed by atoms with E-state index in [1.54, 1.807) is 11.3 Å². The highest BCUT2D eigenvalue weighted by Gasteiger charge is 2.30. The Labute approximate surface area is 209 Å². The van der Waals surface area contributed by atoms with Crippen LogP contribution in [0.3, 0.4) is 0 Å². The molecule has 3 aliphatic rings. The number of hydrogen-bond donors (Lipinski definition) is 0. The first-order chi connectivity index (χ1) is 17.2. The summed E-state index contributed by atoms with van der Waals surface area (Å²) in [5.74, 6) is 0.276. The Morgan fingerprint density at radius 2 is 1.83 bits per heavy atom. The number of thiazole rings is 1. The van der Waals surface area contributed by atoms with Crippen molar-refractivity contribution in [1.29, 1.82) is 0 Å². The third-order valence-electron chi connectivity index (χ3n) is 8.06. The number of carbonyl (C=O) groups excluding carboxylic acids is 1. The third-order valence-corrected chi connectivity index (χ3v) is 9.18. The molecule has 1 saturated carbocycles. The van der Waals surface area contributed by atoms with Crippen molar-refractivity contribution in [2.24, 2.45) is 0 Å². The smallest absolute Gasteiger partial charge is 0.236 e. The molecule has 0 N–H and O–H groups in total. The monoisotopic (exact) mass is 486 g/mol. The second kappa shape index (κ2) is 8.73. The van der Waals surface area contributed by atoms with Gasteiger partial charge in [0.25, 0.3) is 0 Å². The predicted molar refractivity (Wildman–Crippen MR) is 140 cm³/mol. The minimum atomic E-state index is 0.276. The Balaban J connectivity index is 1.06. The van der Waals surface area contributed by atoms with Crippen molar-refractivity contribution in [2.75, 3.05) is 39.3 Å². The average Bonchev–Trinajstić information content (AvgIpc) is 3.44. The van der Waals surface area contributed by atoms with Gasteiger partial charge in [0.2, 0.25) is 5.91 Å². The highest BCUT2D eigenvalue weighted by atomic mass is 32.1. The largest absolute Gasteiger partial charge is 0.455 e. The molecule has 2 aromatic heterocycles. The summed E-state index contributed by atoms with van der Waals surface area (Å²) in [4.78, 5) is 26.3. The number of para-hydroxylation sites is 2. The molecule has 0 atom stereocenters. The number of aromatic nitrogens is 1. The molecule has 7 rings (SSSR count). The van der Waals surface area contributed by atoms with Gasteiger partial charge in [0.1, 0.15) is 16.2 Å². The summed E-state index contributed by atoms with van der Waals surface area (Å²) < 4.78 is 6.25. The summed E-state index contributed by atoms with van der Waals surface area (Å²) in [5.41, 5.74) is 4.06. The molecule has 1 amide bonds. The maximum atomic E-state index is 13.0. The molecular weight excluding hydrogens is 456 g/mol. The summed E-state index contributed by atoms with van der Waals surface area (Å²) in [7, 11) is 0. The molecule has 1 saturated heterocycles. The number of amides is 1. The fourth-order valence-corrected chi connectivity index (χ4v) is 6.97. The van der Waals surface area contributed by atoms with Crippen LogP contribution in [-0.4, -0.2) is 70.9 Å². The quantitative estimate of drug-likeness (QED) is 0.416. The lowest BCUT2D eigenvalue weighted by molar-refractivity contribution is -0.135. The minimum Gasteiger partial charge on any atom is -0.455 e. The Kier molecular flexibility index (Phi) is 5.37.